The van der Waals surface area contributed by atoms with Crippen molar-refractivity contribution in [3.05, 3.63) is 0 Å². The Morgan fingerprint density at radius 2 is 2.05 bits per heavy atom. The third kappa shape index (κ3) is 2.83. The molecule has 2 rings (SSSR count). The first kappa shape index (κ1) is 15.7. The van der Waals surface area contributed by atoms with Crippen molar-refractivity contribution in [3.63, 3.8) is 0 Å². The molecule has 0 aromatic heterocycles. The molecule has 114 valence electrons. The molecule has 1 N–H and O–H groups in total. The molecule has 2 aliphatic rings. The fourth-order valence-electron chi connectivity index (χ4n) is 3.03. The van der Waals surface area contributed by atoms with Gasteiger partial charge in [0.15, 0.2) is 0 Å². The van der Waals surface area contributed by atoms with Gasteiger partial charge >= 0.3 is 0 Å². The average molecular weight is 298 g/mol. The van der Waals surface area contributed by atoms with Gasteiger partial charge < -0.3 is 10.2 Å². The van der Waals surface area contributed by atoms with Gasteiger partial charge in [-0.25, -0.2) is 0 Å². The summed E-state index contributed by atoms with van der Waals surface area (Å²) < 4.78 is -0.418. The molecular weight excluding hydrogens is 272 g/mol. The van der Waals surface area contributed by atoms with Crippen molar-refractivity contribution in [2.75, 3.05) is 18.8 Å². The molecule has 2 fully saturated rings. The maximum absolute atomic E-state index is 12.6. The smallest absolute Gasteiger partial charge is 0.246 e. The number of amides is 2. The molecule has 0 aliphatic carbocycles. The van der Waals surface area contributed by atoms with Crippen LogP contribution in [0.3, 0.4) is 0 Å². The summed E-state index contributed by atoms with van der Waals surface area (Å²) in [5.41, 5.74) is 0.292. The number of thioether (sulfide) groups is 1. The Morgan fingerprint density at radius 1 is 1.40 bits per heavy atom. The average Bonchev–Trinajstić information content (AvgIpc) is 2.86. The van der Waals surface area contributed by atoms with Crippen LogP contribution in [0.15, 0.2) is 0 Å². The molecule has 0 saturated carbocycles. The second kappa shape index (κ2) is 5.58. The maximum Gasteiger partial charge on any atom is 0.246 e. The van der Waals surface area contributed by atoms with E-state index in [0.29, 0.717) is 11.2 Å². The molecule has 0 aromatic rings. The molecule has 0 spiro atoms. The highest BCUT2D eigenvalue weighted by Crippen LogP contribution is 2.37. The number of carbonyl (C=O) groups is 2. The monoisotopic (exact) mass is 298 g/mol. The van der Waals surface area contributed by atoms with E-state index < -0.39 is 4.75 Å². The molecule has 0 radical (unpaired) electrons. The van der Waals surface area contributed by atoms with Crippen molar-refractivity contribution in [3.8, 4) is 0 Å². The summed E-state index contributed by atoms with van der Waals surface area (Å²) >= 11 is 1.58. The summed E-state index contributed by atoms with van der Waals surface area (Å²) in [6.45, 7) is 9.90. The zero-order chi connectivity index (χ0) is 15.0. The number of hydrogen-bond donors (Lipinski definition) is 1. The molecule has 2 saturated heterocycles. The van der Waals surface area contributed by atoms with Crippen molar-refractivity contribution in [1.29, 1.82) is 0 Å². The lowest BCUT2D eigenvalue weighted by Crippen LogP contribution is -2.57. The van der Waals surface area contributed by atoms with Crippen LogP contribution in [0.5, 0.6) is 0 Å². The number of nitrogens with zero attached hydrogens (tertiary/aromatic N) is 1. The maximum atomic E-state index is 12.6. The second-order valence-corrected chi connectivity index (χ2v) is 8.21. The predicted molar refractivity (Wildman–Crippen MR) is 82.7 cm³/mol. The van der Waals surface area contributed by atoms with Crippen molar-refractivity contribution >= 4 is 23.6 Å². The Kier molecular flexibility index (Phi) is 4.38. The molecule has 2 heterocycles. The third-order valence-corrected chi connectivity index (χ3v) is 6.42. The first-order chi connectivity index (χ1) is 9.33. The van der Waals surface area contributed by atoms with Crippen LogP contribution in [0, 0.1) is 5.41 Å². The van der Waals surface area contributed by atoms with Crippen LogP contribution in [0.2, 0.25) is 0 Å². The van der Waals surface area contributed by atoms with E-state index in [4.69, 9.17) is 0 Å². The third-order valence-electron chi connectivity index (χ3n) is 5.01. The Labute approximate surface area is 126 Å². The summed E-state index contributed by atoms with van der Waals surface area (Å²) in [4.78, 5) is 26.5. The number of carbonyl (C=O) groups excluding carboxylic acids is 2. The standard InChI is InChI=1S/C15H26N2O2S/c1-5-15(6-2)7-8-17(10-15)12(18)11-9-20-14(3,4)13(19)16-11/h11H,5-10H2,1-4H3,(H,16,19). The lowest BCUT2D eigenvalue weighted by molar-refractivity contribution is -0.136. The molecule has 5 heteroatoms. The van der Waals surface area contributed by atoms with Crippen LogP contribution in [0.1, 0.15) is 47.0 Å². The van der Waals surface area contributed by atoms with Crippen LogP contribution in [-0.2, 0) is 9.59 Å². The predicted octanol–water partition coefficient (Wildman–Crippen LogP) is 2.04. The summed E-state index contributed by atoms with van der Waals surface area (Å²) in [5.74, 6) is 0.757. The fraction of sp³-hybridized carbons (Fsp3) is 0.867. The number of rotatable bonds is 3. The lowest BCUT2D eigenvalue weighted by Gasteiger charge is -2.35. The summed E-state index contributed by atoms with van der Waals surface area (Å²) in [5, 5.41) is 2.90. The number of likely N-dealkylation sites (tertiary alicyclic amines) is 1. The SMILES string of the molecule is CCC1(CC)CCN(C(=O)C2CSC(C)(C)C(=O)N2)C1. The van der Waals surface area contributed by atoms with Gasteiger partial charge in [0.05, 0.1) is 4.75 Å². The van der Waals surface area contributed by atoms with Crippen molar-refractivity contribution < 1.29 is 9.59 Å². The topological polar surface area (TPSA) is 49.4 Å². The number of nitrogens with one attached hydrogen (secondary N) is 1. The van der Waals surface area contributed by atoms with E-state index >= 15 is 0 Å². The highest BCUT2D eigenvalue weighted by Gasteiger charge is 2.43. The highest BCUT2D eigenvalue weighted by molar-refractivity contribution is 8.01. The van der Waals surface area contributed by atoms with Crippen molar-refractivity contribution in [2.45, 2.75) is 57.7 Å². The van der Waals surface area contributed by atoms with Crippen LogP contribution in [0.25, 0.3) is 0 Å². The van der Waals surface area contributed by atoms with Gasteiger partial charge in [-0.05, 0) is 38.5 Å². The van der Waals surface area contributed by atoms with Crippen molar-refractivity contribution in [1.82, 2.24) is 10.2 Å². The van der Waals surface area contributed by atoms with E-state index in [-0.39, 0.29) is 17.9 Å². The molecule has 1 atom stereocenters. The molecule has 2 amide bonds. The first-order valence-electron chi connectivity index (χ1n) is 7.57. The molecule has 0 bridgehead atoms. The lowest BCUT2D eigenvalue weighted by atomic mass is 9.82. The van der Waals surface area contributed by atoms with Gasteiger partial charge in [0, 0.05) is 18.8 Å². The highest BCUT2D eigenvalue weighted by atomic mass is 32.2. The molecule has 20 heavy (non-hydrogen) atoms. The first-order valence-corrected chi connectivity index (χ1v) is 8.56. The van der Waals surface area contributed by atoms with Crippen LogP contribution in [0.4, 0.5) is 0 Å². The summed E-state index contributed by atoms with van der Waals surface area (Å²) in [6, 6.07) is -0.343. The van der Waals surface area contributed by atoms with Crippen molar-refractivity contribution in [2.24, 2.45) is 5.41 Å². The Hall–Kier alpha value is -0.710. The van der Waals surface area contributed by atoms with Gasteiger partial charge in [0.25, 0.3) is 0 Å². The van der Waals surface area contributed by atoms with Gasteiger partial charge in [-0.15, -0.1) is 11.8 Å². The molecular formula is C15H26N2O2S. The van der Waals surface area contributed by atoms with Gasteiger partial charge in [-0.2, -0.15) is 0 Å². The quantitative estimate of drug-likeness (QED) is 0.867. The van der Waals surface area contributed by atoms with E-state index in [1.165, 1.54) is 0 Å². The van der Waals surface area contributed by atoms with E-state index in [1.807, 2.05) is 18.7 Å². The minimum atomic E-state index is -0.418. The van der Waals surface area contributed by atoms with Crippen LogP contribution in [-0.4, -0.2) is 46.3 Å². The normalized spacial score (nSPS) is 28.3. The van der Waals surface area contributed by atoms with E-state index in [2.05, 4.69) is 19.2 Å². The van der Waals surface area contributed by atoms with Gasteiger partial charge in [-0.3, -0.25) is 9.59 Å². The zero-order valence-corrected chi connectivity index (χ0v) is 13.8. The van der Waals surface area contributed by atoms with Crippen LogP contribution < -0.4 is 5.32 Å². The molecule has 4 nitrogen and oxygen atoms in total. The van der Waals surface area contributed by atoms with E-state index in [9.17, 15) is 9.59 Å². The minimum absolute atomic E-state index is 0.0245. The minimum Gasteiger partial charge on any atom is -0.342 e. The Morgan fingerprint density at radius 3 is 2.55 bits per heavy atom. The molecule has 0 aromatic carbocycles. The summed E-state index contributed by atoms with van der Waals surface area (Å²) in [6.07, 6.45) is 3.32. The largest absolute Gasteiger partial charge is 0.342 e. The fourth-order valence-corrected chi connectivity index (χ4v) is 4.03. The van der Waals surface area contributed by atoms with Gasteiger partial charge in [0.1, 0.15) is 6.04 Å². The number of hydrogen-bond acceptors (Lipinski definition) is 3. The van der Waals surface area contributed by atoms with Gasteiger partial charge in [-0.1, -0.05) is 13.8 Å². The Bertz CT molecular complexity index is 405. The van der Waals surface area contributed by atoms with E-state index in [0.717, 1.165) is 32.4 Å². The van der Waals surface area contributed by atoms with E-state index in [1.54, 1.807) is 11.8 Å². The Balaban J connectivity index is 1.98. The summed E-state index contributed by atoms with van der Waals surface area (Å²) in [7, 11) is 0. The second-order valence-electron chi connectivity index (χ2n) is 6.56. The molecule has 1 unspecified atom stereocenters. The van der Waals surface area contributed by atoms with Gasteiger partial charge in [0.2, 0.25) is 11.8 Å². The molecule has 2 aliphatic heterocycles. The zero-order valence-electron chi connectivity index (χ0n) is 13.0. The van der Waals surface area contributed by atoms with Crippen LogP contribution >= 0.6 is 11.8 Å².